The zero-order valence-electron chi connectivity index (χ0n) is 12.3. The summed E-state index contributed by atoms with van der Waals surface area (Å²) in [4.78, 5) is 15.7. The number of anilines is 1. The van der Waals surface area contributed by atoms with E-state index in [0.717, 1.165) is 5.56 Å². The molecule has 1 aromatic heterocycles. The van der Waals surface area contributed by atoms with Gasteiger partial charge in [-0.3, -0.25) is 4.79 Å². The molecule has 0 aliphatic carbocycles. The number of fused-ring (bicyclic) bond motifs is 1. The van der Waals surface area contributed by atoms with Gasteiger partial charge in [0.25, 0.3) is 11.8 Å². The van der Waals surface area contributed by atoms with Crippen LogP contribution in [0, 0.1) is 0 Å². The lowest BCUT2D eigenvalue weighted by atomic mass is 10.1. The lowest BCUT2D eigenvalue weighted by Gasteiger charge is -2.17. The standard InChI is InChI=1S/C14H16N4O3.ClH/c1-8(15-2)5-12-17-14(21-18-12)9-3-4-11-10(6-9)16-13(19)7-20-11;/h3-4,6,8,15H,5,7H2,1-2H3,(H,16,19);1H. The first-order chi connectivity index (χ1) is 10.2. The minimum absolute atomic E-state index is 0. The van der Waals surface area contributed by atoms with Crippen LogP contribution in [0.3, 0.4) is 0 Å². The monoisotopic (exact) mass is 324 g/mol. The van der Waals surface area contributed by atoms with Gasteiger partial charge < -0.3 is 19.9 Å². The molecule has 1 atom stereocenters. The fourth-order valence-electron chi connectivity index (χ4n) is 2.05. The van der Waals surface area contributed by atoms with Crippen molar-refractivity contribution in [3.8, 4) is 17.2 Å². The molecule has 1 aromatic carbocycles. The molecule has 8 heteroatoms. The molecular weight excluding hydrogens is 308 g/mol. The van der Waals surface area contributed by atoms with Crippen LogP contribution in [0.5, 0.6) is 5.75 Å². The van der Waals surface area contributed by atoms with E-state index in [1.807, 2.05) is 20.0 Å². The van der Waals surface area contributed by atoms with Crippen LogP contribution in [0.1, 0.15) is 12.7 Å². The van der Waals surface area contributed by atoms with Crippen molar-refractivity contribution in [1.29, 1.82) is 0 Å². The predicted octanol–water partition coefficient (Wildman–Crippen LogP) is 1.64. The maximum atomic E-state index is 11.3. The minimum Gasteiger partial charge on any atom is -0.482 e. The molecule has 1 aliphatic rings. The van der Waals surface area contributed by atoms with Crippen LogP contribution >= 0.6 is 12.4 Å². The summed E-state index contributed by atoms with van der Waals surface area (Å²) in [5, 5.41) is 9.84. The largest absolute Gasteiger partial charge is 0.482 e. The SMILES string of the molecule is CNC(C)Cc1noc(-c2ccc3c(c2)NC(=O)CO3)n1.Cl. The molecule has 1 unspecified atom stereocenters. The number of aromatic nitrogens is 2. The number of ether oxygens (including phenoxy) is 1. The summed E-state index contributed by atoms with van der Waals surface area (Å²) in [6, 6.07) is 5.65. The number of carbonyl (C=O) groups excluding carboxylic acids is 1. The summed E-state index contributed by atoms with van der Waals surface area (Å²) < 4.78 is 10.6. The topological polar surface area (TPSA) is 89.3 Å². The van der Waals surface area contributed by atoms with Crippen molar-refractivity contribution < 1.29 is 14.1 Å². The second kappa shape index (κ2) is 6.76. The molecule has 0 bridgehead atoms. The third-order valence-corrected chi connectivity index (χ3v) is 3.31. The van der Waals surface area contributed by atoms with Gasteiger partial charge in [0.15, 0.2) is 12.4 Å². The number of rotatable bonds is 4. The van der Waals surface area contributed by atoms with E-state index in [9.17, 15) is 4.79 Å². The predicted molar refractivity (Wildman–Crippen MR) is 83.3 cm³/mol. The van der Waals surface area contributed by atoms with Crippen molar-refractivity contribution >= 4 is 24.0 Å². The number of halogens is 1. The molecule has 22 heavy (non-hydrogen) atoms. The van der Waals surface area contributed by atoms with Crippen molar-refractivity contribution in [2.45, 2.75) is 19.4 Å². The zero-order valence-corrected chi connectivity index (χ0v) is 13.1. The molecule has 1 amide bonds. The highest BCUT2D eigenvalue weighted by atomic mass is 35.5. The fraction of sp³-hybridized carbons (Fsp3) is 0.357. The van der Waals surface area contributed by atoms with Crippen molar-refractivity contribution in [2.75, 3.05) is 19.0 Å². The Bertz CT molecular complexity index is 674. The summed E-state index contributed by atoms with van der Waals surface area (Å²) >= 11 is 0. The average Bonchev–Trinajstić information content (AvgIpc) is 2.94. The van der Waals surface area contributed by atoms with Crippen LogP contribution in [0.15, 0.2) is 22.7 Å². The molecule has 1 aliphatic heterocycles. The number of benzene rings is 1. The summed E-state index contributed by atoms with van der Waals surface area (Å²) in [6.45, 7) is 2.08. The van der Waals surface area contributed by atoms with E-state index in [0.29, 0.717) is 29.6 Å². The van der Waals surface area contributed by atoms with Crippen LogP contribution in [-0.2, 0) is 11.2 Å². The van der Waals surface area contributed by atoms with E-state index in [2.05, 4.69) is 20.8 Å². The molecule has 0 saturated heterocycles. The first kappa shape index (κ1) is 16.3. The van der Waals surface area contributed by atoms with E-state index in [4.69, 9.17) is 9.26 Å². The third kappa shape index (κ3) is 3.37. The zero-order chi connectivity index (χ0) is 14.8. The van der Waals surface area contributed by atoms with E-state index < -0.39 is 0 Å². The van der Waals surface area contributed by atoms with Crippen LogP contribution in [0.4, 0.5) is 5.69 Å². The van der Waals surface area contributed by atoms with Gasteiger partial charge in [-0.25, -0.2) is 0 Å². The number of likely N-dealkylation sites (N-methyl/N-ethyl adjacent to an activating group) is 1. The lowest BCUT2D eigenvalue weighted by Crippen LogP contribution is -2.25. The molecular formula is C14H17ClN4O3. The van der Waals surface area contributed by atoms with Gasteiger partial charge in [0.2, 0.25) is 0 Å². The highest BCUT2D eigenvalue weighted by molar-refractivity contribution is 5.96. The molecule has 2 heterocycles. The van der Waals surface area contributed by atoms with Crippen LogP contribution in [-0.4, -0.2) is 35.7 Å². The Morgan fingerprint density at radius 2 is 2.27 bits per heavy atom. The molecule has 2 N–H and O–H groups in total. The van der Waals surface area contributed by atoms with Crippen molar-refractivity contribution in [3.05, 3.63) is 24.0 Å². The lowest BCUT2D eigenvalue weighted by molar-refractivity contribution is -0.118. The molecule has 7 nitrogen and oxygen atoms in total. The fourth-order valence-corrected chi connectivity index (χ4v) is 2.05. The Morgan fingerprint density at radius 3 is 3.05 bits per heavy atom. The molecule has 0 saturated carbocycles. The highest BCUT2D eigenvalue weighted by Crippen LogP contribution is 2.32. The van der Waals surface area contributed by atoms with Gasteiger partial charge in [-0.2, -0.15) is 4.98 Å². The van der Waals surface area contributed by atoms with Gasteiger partial charge in [-0.05, 0) is 32.2 Å². The summed E-state index contributed by atoms with van der Waals surface area (Å²) in [7, 11) is 1.89. The molecule has 0 radical (unpaired) electrons. The van der Waals surface area contributed by atoms with E-state index in [-0.39, 0.29) is 31.0 Å². The van der Waals surface area contributed by atoms with E-state index in [1.165, 1.54) is 0 Å². The Labute approximate surface area is 133 Å². The first-order valence-corrected chi connectivity index (χ1v) is 6.72. The van der Waals surface area contributed by atoms with Crippen LogP contribution in [0.25, 0.3) is 11.5 Å². The smallest absolute Gasteiger partial charge is 0.262 e. The van der Waals surface area contributed by atoms with Gasteiger partial charge in [-0.1, -0.05) is 5.16 Å². The summed E-state index contributed by atoms with van der Waals surface area (Å²) in [6.07, 6.45) is 0.685. The Kier molecular flexibility index (Phi) is 4.99. The Hall–Kier alpha value is -2.12. The second-order valence-electron chi connectivity index (χ2n) is 4.96. The molecule has 118 valence electrons. The number of hydrogen-bond donors (Lipinski definition) is 2. The first-order valence-electron chi connectivity index (χ1n) is 6.72. The molecule has 0 fully saturated rings. The van der Waals surface area contributed by atoms with E-state index >= 15 is 0 Å². The van der Waals surface area contributed by atoms with Crippen LogP contribution in [0.2, 0.25) is 0 Å². The summed E-state index contributed by atoms with van der Waals surface area (Å²) in [5.41, 5.74) is 1.36. The van der Waals surface area contributed by atoms with Crippen LogP contribution < -0.4 is 15.4 Å². The maximum Gasteiger partial charge on any atom is 0.262 e. The normalized spacial score (nSPS) is 14.4. The summed E-state index contributed by atoms with van der Waals surface area (Å²) in [5.74, 6) is 1.54. The highest BCUT2D eigenvalue weighted by Gasteiger charge is 2.18. The second-order valence-corrected chi connectivity index (χ2v) is 4.96. The van der Waals surface area contributed by atoms with Gasteiger partial charge >= 0.3 is 0 Å². The number of carbonyl (C=O) groups is 1. The van der Waals surface area contributed by atoms with Gasteiger partial charge in [0, 0.05) is 18.0 Å². The van der Waals surface area contributed by atoms with Crippen molar-refractivity contribution in [1.82, 2.24) is 15.5 Å². The van der Waals surface area contributed by atoms with Gasteiger partial charge in [0.05, 0.1) is 5.69 Å². The number of nitrogens with one attached hydrogen (secondary N) is 2. The molecule has 2 aromatic rings. The molecule has 3 rings (SSSR count). The third-order valence-electron chi connectivity index (χ3n) is 3.31. The maximum absolute atomic E-state index is 11.3. The quantitative estimate of drug-likeness (QED) is 0.888. The van der Waals surface area contributed by atoms with Crippen molar-refractivity contribution in [3.63, 3.8) is 0 Å². The van der Waals surface area contributed by atoms with Gasteiger partial charge in [-0.15, -0.1) is 12.4 Å². The van der Waals surface area contributed by atoms with E-state index in [1.54, 1.807) is 12.1 Å². The number of amides is 1. The number of nitrogens with zero attached hydrogens (tertiary/aromatic N) is 2. The Balaban J connectivity index is 0.00000176. The minimum atomic E-state index is -0.172. The van der Waals surface area contributed by atoms with Crippen molar-refractivity contribution in [2.24, 2.45) is 0 Å². The Morgan fingerprint density at radius 1 is 1.45 bits per heavy atom. The average molecular weight is 325 g/mol. The number of hydrogen-bond acceptors (Lipinski definition) is 6. The van der Waals surface area contributed by atoms with Gasteiger partial charge in [0.1, 0.15) is 5.75 Å². The molecule has 0 spiro atoms.